The van der Waals surface area contributed by atoms with Crippen LogP contribution in [0, 0.1) is 0 Å². The van der Waals surface area contributed by atoms with Crippen LogP contribution in [0.5, 0.6) is 11.5 Å². The first-order chi connectivity index (χ1) is 9.36. The Labute approximate surface area is 113 Å². The first-order valence-electron chi connectivity index (χ1n) is 7.06. The molecule has 0 aliphatic carbocycles. The second-order valence-electron chi connectivity index (χ2n) is 5.01. The van der Waals surface area contributed by atoms with Crippen LogP contribution in [0.3, 0.4) is 0 Å². The molecule has 2 aromatic rings. The van der Waals surface area contributed by atoms with Crippen molar-refractivity contribution in [3.05, 3.63) is 30.0 Å². The number of benzene rings is 1. The van der Waals surface area contributed by atoms with Crippen molar-refractivity contribution in [2.24, 2.45) is 0 Å². The van der Waals surface area contributed by atoms with E-state index in [1.165, 1.54) is 31.4 Å². The molecule has 0 radical (unpaired) electrons. The number of ether oxygens (including phenoxy) is 2. The van der Waals surface area contributed by atoms with E-state index in [4.69, 9.17) is 14.5 Å². The number of rotatable bonds is 5. The Morgan fingerprint density at radius 2 is 1.89 bits per heavy atom. The van der Waals surface area contributed by atoms with Crippen molar-refractivity contribution in [2.45, 2.75) is 39.0 Å². The Morgan fingerprint density at radius 3 is 2.74 bits per heavy atom. The Bertz CT molecular complexity index is 580. The monoisotopic (exact) mass is 257 g/mol. The lowest BCUT2D eigenvalue weighted by molar-refractivity contribution is 0.174. The Hall–Kier alpha value is -1.77. The highest BCUT2D eigenvalue weighted by atomic mass is 16.7. The molecule has 1 aromatic carbocycles. The van der Waals surface area contributed by atoms with E-state index < -0.39 is 0 Å². The van der Waals surface area contributed by atoms with Crippen LogP contribution < -0.4 is 9.47 Å². The van der Waals surface area contributed by atoms with E-state index in [-0.39, 0.29) is 0 Å². The molecule has 2 heterocycles. The van der Waals surface area contributed by atoms with Gasteiger partial charge in [0, 0.05) is 17.1 Å². The summed E-state index contributed by atoms with van der Waals surface area (Å²) in [5.74, 6) is 1.63. The van der Waals surface area contributed by atoms with Gasteiger partial charge >= 0.3 is 0 Å². The quantitative estimate of drug-likeness (QED) is 0.756. The van der Waals surface area contributed by atoms with Gasteiger partial charge in [-0.3, -0.25) is 4.98 Å². The predicted molar refractivity (Wildman–Crippen MR) is 75.7 cm³/mol. The standard InChI is InChI=1S/C16H19NO2/c1-2-3-4-5-6-13-8-7-12-9-15-16(19-11-18-15)10-14(12)17-13/h7-10H,2-6,11H2,1H3. The molecule has 1 aliphatic rings. The molecule has 19 heavy (non-hydrogen) atoms. The van der Waals surface area contributed by atoms with Gasteiger partial charge in [0.05, 0.1) is 5.52 Å². The number of aryl methyl sites for hydroxylation is 1. The van der Waals surface area contributed by atoms with Crippen molar-refractivity contribution in [1.29, 1.82) is 0 Å². The summed E-state index contributed by atoms with van der Waals surface area (Å²) >= 11 is 0. The minimum absolute atomic E-state index is 0.315. The van der Waals surface area contributed by atoms with E-state index in [2.05, 4.69) is 19.1 Å². The summed E-state index contributed by atoms with van der Waals surface area (Å²) in [5, 5.41) is 1.11. The predicted octanol–water partition coefficient (Wildman–Crippen LogP) is 4.09. The third-order valence-corrected chi connectivity index (χ3v) is 3.53. The SMILES string of the molecule is CCCCCCc1ccc2cc3c(cc2n1)OCO3. The maximum atomic E-state index is 5.40. The average molecular weight is 257 g/mol. The molecular weight excluding hydrogens is 238 g/mol. The third-order valence-electron chi connectivity index (χ3n) is 3.53. The molecule has 0 fully saturated rings. The fourth-order valence-electron chi connectivity index (χ4n) is 2.43. The third kappa shape index (κ3) is 2.65. The van der Waals surface area contributed by atoms with Crippen LogP contribution in [0.1, 0.15) is 38.3 Å². The van der Waals surface area contributed by atoms with Crippen LogP contribution in [0.15, 0.2) is 24.3 Å². The lowest BCUT2D eigenvalue weighted by atomic mass is 10.1. The van der Waals surface area contributed by atoms with Gasteiger partial charge in [0.2, 0.25) is 6.79 Å². The van der Waals surface area contributed by atoms with E-state index in [0.717, 1.165) is 28.8 Å². The lowest BCUT2D eigenvalue weighted by Gasteiger charge is -2.04. The summed E-state index contributed by atoms with van der Waals surface area (Å²) in [6, 6.07) is 8.23. The summed E-state index contributed by atoms with van der Waals surface area (Å²) in [4.78, 5) is 4.71. The number of unbranched alkanes of at least 4 members (excludes halogenated alkanes) is 3. The van der Waals surface area contributed by atoms with Crippen LogP contribution in [0.2, 0.25) is 0 Å². The van der Waals surface area contributed by atoms with Crippen molar-refractivity contribution in [1.82, 2.24) is 4.98 Å². The summed E-state index contributed by atoms with van der Waals surface area (Å²) in [7, 11) is 0. The Kier molecular flexibility index (Phi) is 3.53. The minimum Gasteiger partial charge on any atom is -0.454 e. The zero-order valence-corrected chi connectivity index (χ0v) is 11.3. The largest absolute Gasteiger partial charge is 0.454 e. The maximum absolute atomic E-state index is 5.40. The molecule has 0 amide bonds. The molecule has 0 saturated heterocycles. The fraction of sp³-hybridized carbons (Fsp3) is 0.438. The molecule has 0 N–H and O–H groups in total. The van der Waals surface area contributed by atoms with Crippen LogP contribution >= 0.6 is 0 Å². The first-order valence-corrected chi connectivity index (χ1v) is 7.06. The number of hydrogen-bond donors (Lipinski definition) is 0. The molecule has 0 bridgehead atoms. The van der Waals surface area contributed by atoms with E-state index in [1.807, 2.05) is 12.1 Å². The topological polar surface area (TPSA) is 31.4 Å². The second kappa shape index (κ2) is 5.47. The highest BCUT2D eigenvalue weighted by molar-refractivity contribution is 5.83. The highest BCUT2D eigenvalue weighted by Crippen LogP contribution is 2.35. The number of fused-ring (bicyclic) bond motifs is 2. The fourth-order valence-corrected chi connectivity index (χ4v) is 2.43. The van der Waals surface area contributed by atoms with Crippen LogP contribution in [0.4, 0.5) is 0 Å². The van der Waals surface area contributed by atoms with Crippen LogP contribution in [-0.2, 0) is 6.42 Å². The molecule has 0 unspecified atom stereocenters. The Morgan fingerprint density at radius 1 is 1.05 bits per heavy atom. The molecule has 1 aromatic heterocycles. The van der Waals surface area contributed by atoms with Crippen LogP contribution in [0.25, 0.3) is 10.9 Å². The van der Waals surface area contributed by atoms with E-state index in [9.17, 15) is 0 Å². The zero-order chi connectivity index (χ0) is 13.1. The molecule has 0 spiro atoms. The van der Waals surface area contributed by atoms with Crippen molar-refractivity contribution in [3.8, 4) is 11.5 Å². The molecule has 100 valence electrons. The second-order valence-corrected chi connectivity index (χ2v) is 5.01. The van der Waals surface area contributed by atoms with E-state index in [0.29, 0.717) is 6.79 Å². The molecular formula is C16H19NO2. The molecule has 0 atom stereocenters. The molecule has 3 rings (SSSR count). The van der Waals surface area contributed by atoms with Crippen molar-refractivity contribution in [2.75, 3.05) is 6.79 Å². The number of pyridine rings is 1. The van der Waals surface area contributed by atoms with E-state index >= 15 is 0 Å². The van der Waals surface area contributed by atoms with Gasteiger partial charge in [0.15, 0.2) is 11.5 Å². The van der Waals surface area contributed by atoms with Gasteiger partial charge in [-0.2, -0.15) is 0 Å². The van der Waals surface area contributed by atoms with Crippen molar-refractivity contribution < 1.29 is 9.47 Å². The summed E-state index contributed by atoms with van der Waals surface area (Å²) < 4.78 is 10.8. The smallest absolute Gasteiger partial charge is 0.231 e. The van der Waals surface area contributed by atoms with E-state index in [1.54, 1.807) is 0 Å². The van der Waals surface area contributed by atoms with Gasteiger partial charge in [0.25, 0.3) is 0 Å². The normalized spacial score (nSPS) is 13.1. The molecule has 1 aliphatic heterocycles. The molecule has 3 nitrogen and oxygen atoms in total. The first kappa shape index (κ1) is 12.3. The Balaban J connectivity index is 1.78. The minimum atomic E-state index is 0.315. The van der Waals surface area contributed by atoms with Crippen molar-refractivity contribution in [3.63, 3.8) is 0 Å². The maximum Gasteiger partial charge on any atom is 0.231 e. The summed E-state index contributed by atoms with van der Waals surface area (Å²) in [5.41, 5.74) is 2.17. The number of nitrogens with zero attached hydrogens (tertiary/aromatic N) is 1. The number of aromatic nitrogens is 1. The highest BCUT2D eigenvalue weighted by Gasteiger charge is 2.14. The summed E-state index contributed by atoms with van der Waals surface area (Å²) in [6.07, 6.45) is 6.15. The van der Waals surface area contributed by atoms with Gasteiger partial charge in [-0.05, 0) is 25.0 Å². The van der Waals surface area contributed by atoms with Gasteiger partial charge in [-0.1, -0.05) is 32.3 Å². The van der Waals surface area contributed by atoms with Gasteiger partial charge in [-0.25, -0.2) is 0 Å². The van der Waals surface area contributed by atoms with Gasteiger partial charge < -0.3 is 9.47 Å². The van der Waals surface area contributed by atoms with Gasteiger partial charge in [-0.15, -0.1) is 0 Å². The zero-order valence-electron chi connectivity index (χ0n) is 11.3. The van der Waals surface area contributed by atoms with Gasteiger partial charge in [0.1, 0.15) is 0 Å². The number of hydrogen-bond acceptors (Lipinski definition) is 3. The lowest BCUT2D eigenvalue weighted by Crippen LogP contribution is -1.92. The van der Waals surface area contributed by atoms with Crippen LogP contribution in [-0.4, -0.2) is 11.8 Å². The molecule has 0 saturated carbocycles. The molecule has 3 heteroatoms. The summed E-state index contributed by atoms with van der Waals surface area (Å²) in [6.45, 7) is 2.55. The van der Waals surface area contributed by atoms with Crippen molar-refractivity contribution >= 4 is 10.9 Å². The average Bonchev–Trinajstić information content (AvgIpc) is 2.88.